The number of urea groups is 1. The van der Waals surface area contributed by atoms with E-state index in [4.69, 9.17) is 5.11 Å². The maximum atomic E-state index is 12.2. The van der Waals surface area contributed by atoms with Crippen molar-refractivity contribution < 1.29 is 14.7 Å². The molecule has 0 bridgehead atoms. The van der Waals surface area contributed by atoms with Gasteiger partial charge in [-0.3, -0.25) is 0 Å². The van der Waals surface area contributed by atoms with Crippen LogP contribution in [0.1, 0.15) is 38.5 Å². The Morgan fingerprint density at radius 3 is 2.63 bits per heavy atom. The van der Waals surface area contributed by atoms with Gasteiger partial charge in [-0.15, -0.1) is 0 Å². The number of nitrogens with zero attached hydrogens (tertiary/aromatic N) is 1. The van der Waals surface area contributed by atoms with Crippen molar-refractivity contribution in [2.24, 2.45) is 0 Å². The van der Waals surface area contributed by atoms with Crippen molar-refractivity contribution in [1.29, 1.82) is 0 Å². The summed E-state index contributed by atoms with van der Waals surface area (Å²) < 4.78 is 0. The molecule has 5 nitrogen and oxygen atoms in total. The number of amides is 2. The van der Waals surface area contributed by atoms with Crippen LogP contribution < -0.4 is 5.32 Å². The first-order valence-corrected chi connectivity index (χ1v) is 8.25. The summed E-state index contributed by atoms with van der Waals surface area (Å²) in [7, 11) is 0. The highest BCUT2D eigenvalue weighted by Gasteiger charge is 2.36. The number of nitrogens with one attached hydrogen (secondary N) is 1. The molecule has 6 heteroatoms. The normalized spacial score (nSPS) is 31.2. The molecular formula is C13H22N2O3S. The molecule has 0 spiro atoms. The van der Waals surface area contributed by atoms with Gasteiger partial charge < -0.3 is 15.3 Å². The van der Waals surface area contributed by atoms with E-state index in [1.807, 2.05) is 0 Å². The third-order valence-electron chi connectivity index (χ3n) is 4.11. The van der Waals surface area contributed by atoms with Crippen molar-refractivity contribution in [3.63, 3.8) is 0 Å². The first-order valence-electron chi connectivity index (χ1n) is 6.96. The number of hydrogen-bond acceptors (Lipinski definition) is 3. The van der Waals surface area contributed by atoms with Crippen LogP contribution in [0.4, 0.5) is 4.79 Å². The van der Waals surface area contributed by atoms with Crippen LogP contribution >= 0.6 is 11.8 Å². The Bertz CT molecular complexity index is 351. The van der Waals surface area contributed by atoms with Crippen molar-refractivity contribution >= 4 is 23.8 Å². The number of carbonyl (C=O) groups excluding carboxylic acids is 1. The molecule has 2 aliphatic rings. The topological polar surface area (TPSA) is 69.6 Å². The Hall–Kier alpha value is -0.910. The molecule has 0 aromatic carbocycles. The molecule has 1 heterocycles. The van der Waals surface area contributed by atoms with Crippen LogP contribution in [0.2, 0.25) is 0 Å². The summed E-state index contributed by atoms with van der Waals surface area (Å²) in [5.74, 6) is -0.891. The highest BCUT2D eigenvalue weighted by molar-refractivity contribution is 7.99. The second kappa shape index (κ2) is 6.50. The number of aliphatic carboxylic acids is 1. The highest BCUT2D eigenvalue weighted by Crippen LogP contribution is 2.27. The largest absolute Gasteiger partial charge is 0.480 e. The van der Waals surface area contributed by atoms with Crippen molar-refractivity contribution in [2.75, 3.05) is 12.8 Å². The van der Waals surface area contributed by atoms with Crippen LogP contribution in [0.25, 0.3) is 0 Å². The lowest BCUT2D eigenvalue weighted by molar-refractivity contribution is -0.141. The van der Waals surface area contributed by atoms with Crippen molar-refractivity contribution in [2.45, 2.75) is 55.9 Å². The summed E-state index contributed by atoms with van der Waals surface area (Å²) in [4.78, 5) is 24.8. The van der Waals surface area contributed by atoms with E-state index in [-0.39, 0.29) is 12.1 Å². The zero-order valence-corrected chi connectivity index (χ0v) is 12.1. The van der Waals surface area contributed by atoms with E-state index >= 15 is 0 Å². The minimum absolute atomic E-state index is 0.186. The highest BCUT2D eigenvalue weighted by atomic mass is 32.2. The molecule has 1 aliphatic carbocycles. The second-order valence-electron chi connectivity index (χ2n) is 5.30. The van der Waals surface area contributed by atoms with E-state index in [1.54, 1.807) is 11.8 Å². The van der Waals surface area contributed by atoms with Gasteiger partial charge in [-0.05, 0) is 31.9 Å². The number of rotatable bonds is 3. The molecule has 2 rings (SSSR count). The predicted molar refractivity (Wildman–Crippen MR) is 75.5 cm³/mol. The van der Waals surface area contributed by atoms with E-state index in [0.29, 0.717) is 18.2 Å². The van der Waals surface area contributed by atoms with Crippen LogP contribution in [0.3, 0.4) is 0 Å². The monoisotopic (exact) mass is 286 g/mol. The van der Waals surface area contributed by atoms with Gasteiger partial charge in [-0.2, -0.15) is 11.8 Å². The third kappa shape index (κ3) is 3.35. The van der Waals surface area contributed by atoms with E-state index in [2.05, 4.69) is 11.6 Å². The van der Waals surface area contributed by atoms with Crippen LogP contribution in [-0.2, 0) is 4.79 Å². The molecule has 0 aromatic rings. The molecule has 1 aliphatic heterocycles. The first kappa shape index (κ1) is 14.5. The maximum absolute atomic E-state index is 12.2. The molecule has 3 unspecified atom stereocenters. The van der Waals surface area contributed by atoms with Gasteiger partial charge in [0.1, 0.15) is 6.04 Å². The molecule has 3 atom stereocenters. The maximum Gasteiger partial charge on any atom is 0.326 e. The number of hydrogen-bond donors (Lipinski definition) is 2. The van der Waals surface area contributed by atoms with Crippen LogP contribution in [0.15, 0.2) is 0 Å². The van der Waals surface area contributed by atoms with Crippen LogP contribution in [0.5, 0.6) is 0 Å². The van der Waals surface area contributed by atoms with E-state index in [9.17, 15) is 9.59 Å². The molecule has 2 amide bonds. The van der Waals surface area contributed by atoms with Gasteiger partial charge in [0, 0.05) is 17.8 Å². The lowest BCUT2D eigenvalue weighted by Crippen LogP contribution is -2.52. The summed E-state index contributed by atoms with van der Waals surface area (Å²) in [5.41, 5.74) is 0. The zero-order chi connectivity index (χ0) is 13.8. The number of carbonyl (C=O) groups is 2. The molecule has 108 valence electrons. The fraction of sp³-hybridized carbons (Fsp3) is 0.846. The average molecular weight is 286 g/mol. The van der Waals surface area contributed by atoms with Crippen molar-refractivity contribution in [3.05, 3.63) is 0 Å². The van der Waals surface area contributed by atoms with E-state index < -0.39 is 12.0 Å². The van der Waals surface area contributed by atoms with Gasteiger partial charge in [-0.25, -0.2) is 9.59 Å². The number of carboxylic acid groups (broad SMARTS) is 1. The van der Waals surface area contributed by atoms with Crippen LogP contribution in [0, 0.1) is 0 Å². The Labute approximate surface area is 118 Å². The molecule has 2 fully saturated rings. The van der Waals surface area contributed by atoms with Gasteiger partial charge in [0.15, 0.2) is 0 Å². The lowest BCUT2D eigenvalue weighted by Gasteiger charge is -2.33. The standard InChI is InChI=1S/C13H22N2O3S/c1-19-11-7-3-2-5-9(11)14-13(18)15-8-4-6-10(15)12(16)17/h9-11H,2-8H2,1H3,(H,14,18)(H,16,17). The van der Waals surface area contributed by atoms with Crippen molar-refractivity contribution in [1.82, 2.24) is 10.2 Å². The predicted octanol–water partition coefficient (Wildman–Crippen LogP) is 1.92. The molecule has 1 saturated carbocycles. The summed E-state index contributed by atoms with van der Waals surface area (Å²) in [6.45, 7) is 0.555. The Morgan fingerprint density at radius 1 is 1.21 bits per heavy atom. The molecule has 0 aromatic heterocycles. The van der Waals surface area contributed by atoms with E-state index in [0.717, 1.165) is 25.7 Å². The Morgan fingerprint density at radius 2 is 1.95 bits per heavy atom. The minimum Gasteiger partial charge on any atom is -0.480 e. The SMILES string of the molecule is CSC1CCCCC1NC(=O)N1CCCC1C(=O)O. The Balaban J connectivity index is 1.94. The molecule has 19 heavy (non-hydrogen) atoms. The fourth-order valence-electron chi connectivity index (χ4n) is 3.05. The number of thioether (sulfide) groups is 1. The molecule has 1 saturated heterocycles. The zero-order valence-electron chi connectivity index (χ0n) is 11.3. The summed E-state index contributed by atoms with van der Waals surface area (Å²) in [6.07, 6.45) is 7.92. The minimum atomic E-state index is -0.891. The van der Waals surface area contributed by atoms with Gasteiger partial charge in [0.05, 0.1) is 0 Å². The summed E-state index contributed by atoms with van der Waals surface area (Å²) in [6, 6.07) is -0.654. The summed E-state index contributed by atoms with van der Waals surface area (Å²) >= 11 is 1.80. The smallest absolute Gasteiger partial charge is 0.326 e. The Kier molecular flexibility index (Phi) is 4.96. The summed E-state index contributed by atoms with van der Waals surface area (Å²) in [5, 5.41) is 12.6. The third-order valence-corrected chi connectivity index (χ3v) is 5.28. The number of likely N-dealkylation sites (tertiary alicyclic amines) is 1. The number of carboxylic acids is 1. The van der Waals surface area contributed by atoms with Gasteiger partial charge >= 0.3 is 12.0 Å². The van der Waals surface area contributed by atoms with Crippen molar-refractivity contribution in [3.8, 4) is 0 Å². The van der Waals surface area contributed by atoms with Gasteiger partial charge in [0.2, 0.25) is 0 Å². The molecule has 0 radical (unpaired) electrons. The lowest BCUT2D eigenvalue weighted by atomic mass is 9.95. The molecule has 2 N–H and O–H groups in total. The second-order valence-corrected chi connectivity index (χ2v) is 6.38. The first-order chi connectivity index (χ1) is 9.13. The van der Waals surface area contributed by atoms with E-state index in [1.165, 1.54) is 11.3 Å². The average Bonchev–Trinajstić information content (AvgIpc) is 2.88. The van der Waals surface area contributed by atoms with Gasteiger partial charge in [-0.1, -0.05) is 12.8 Å². The van der Waals surface area contributed by atoms with Crippen LogP contribution in [-0.4, -0.2) is 52.1 Å². The fourth-order valence-corrected chi connectivity index (χ4v) is 3.99. The van der Waals surface area contributed by atoms with Gasteiger partial charge in [0.25, 0.3) is 0 Å². The quantitative estimate of drug-likeness (QED) is 0.831. The molecular weight excluding hydrogens is 264 g/mol.